The highest BCUT2D eigenvalue weighted by molar-refractivity contribution is 5.32. The number of hydrogen-bond acceptors (Lipinski definition) is 4. The first-order valence-corrected chi connectivity index (χ1v) is 7.29. The number of unbranched alkanes of at least 4 members (excludes halogenated alkanes) is 1. The van der Waals surface area contributed by atoms with Gasteiger partial charge in [-0.05, 0) is 52.3 Å². The lowest BCUT2D eigenvalue weighted by molar-refractivity contribution is 0.168. The lowest BCUT2D eigenvalue weighted by Gasteiger charge is -2.26. The molecule has 0 bridgehead atoms. The predicted octanol–water partition coefficient (Wildman–Crippen LogP) is 2.60. The molecule has 1 aromatic carbocycles. The fourth-order valence-electron chi connectivity index (χ4n) is 1.91. The first kappa shape index (κ1) is 16.8. The van der Waals surface area contributed by atoms with Gasteiger partial charge in [-0.2, -0.15) is 0 Å². The van der Waals surface area contributed by atoms with Gasteiger partial charge in [-0.3, -0.25) is 0 Å². The van der Waals surface area contributed by atoms with Crippen molar-refractivity contribution < 1.29 is 14.6 Å². The maximum absolute atomic E-state index is 9.29. The van der Waals surface area contributed by atoms with Gasteiger partial charge in [0.05, 0.1) is 19.8 Å². The van der Waals surface area contributed by atoms with Crippen LogP contribution >= 0.6 is 0 Å². The summed E-state index contributed by atoms with van der Waals surface area (Å²) in [5.74, 6) is 1.68. The first-order chi connectivity index (χ1) is 9.63. The molecule has 0 radical (unpaired) electrons. The van der Waals surface area contributed by atoms with E-state index in [1.807, 2.05) is 45.2 Å². The summed E-state index contributed by atoms with van der Waals surface area (Å²) in [6.45, 7) is 5.49. The number of rotatable bonds is 10. The van der Waals surface area contributed by atoms with Crippen molar-refractivity contribution in [2.24, 2.45) is 0 Å². The molecule has 0 fully saturated rings. The minimum absolute atomic E-state index is 0.154. The standard InChI is InChI=1S/C16H27NO3/c1-4-19-14-8-7-9-15(12-14)20-11-6-5-10-16(2,13-18)17-3/h7-9,12,17-18H,4-6,10-11,13H2,1-3H3. The van der Waals surface area contributed by atoms with E-state index >= 15 is 0 Å². The van der Waals surface area contributed by atoms with Crippen molar-refractivity contribution in [3.8, 4) is 11.5 Å². The van der Waals surface area contributed by atoms with Gasteiger partial charge in [0.25, 0.3) is 0 Å². The van der Waals surface area contributed by atoms with Gasteiger partial charge in [0.1, 0.15) is 11.5 Å². The Morgan fingerprint density at radius 1 is 1.20 bits per heavy atom. The summed E-state index contributed by atoms with van der Waals surface area (Å²) >= 11 is 0. The zero-order valence-corrected chi connectivity index (χ0v) is 12.8. The molecule has 2 N–H and O–H groups in total. The number of aliphatic hydroxyl groups excluding tert-OH is 1. The van der Waals surface area contributed by atoms with Crippen LogP contribution in [-0.2, 0) is 0 Å². The van der Waals surface area contributed by atoms with E-state index in [0.717, 1.165) is 30.8 Å². The summed E-state index contributed by atoms with van der Waals surface area (Å²) in [6.07, 6.45) is 2.92. The van der Waals surface area contributed by atoms with Crippen LogP contribution in [0.4, 0.5) is 0 Å². The Balaban J connectivity index is 2.26. The molecule has 0 heterocycles. The van der Waals surface area contributed by atoms with Crippen LogP contribution in [0.15, 0.2) is 24.3 Å². The summed E-state index contributed by atoms with van der Waals surface area (Å²) in [5.41, 5.74) is -0.186. The van der Waals surface area contributed by atoms with E-state index in [-0.39, 0.29) is 12.1 Å². The van der Waals surface area contributed by atoms with Crippen LogP contribution in [0.3, 0.4) is 0 Å². The number of ether oxygens (including phenoxy) is 2. The molecule has 0 saturated carbocycles. The monoisotopic (exact) mass is 281 g/mol. The Bertz CT molecular complexity index is 378. The maximum atomic E-state index is 9.29. The van der Waals surface area contributed by atoms with Crippen molar-refractivity contribution in [3.05, 3.63) is 24.3 Å². The zero-order valence-electron chi connectivity index (χ0n) is 12.8. The normalized spacial score (nSPS) is 13.8. The molecule has 0 aliphatic heterocycles. The molecule has 0 saturated heterocycles. The van der Waals surface area contributed by atoms with Crippen molar-refractivity contribution in [1.82, 2.24) is 5.32 Å². The Morgan fingerprint density at radius 2 is 1.90 bits per heavy atom. The van der Waals surface area contributed by atoms with Crippen molar-refractivity contribution >= 4 is 0 Å². The van der Waals surface area contributed by atoms with E-state index in [1.54, 1.807) is 0 Å². The molecule has 114 valence electrons. The molecule has 0 spiro atoms. The largest absolute Gasteiger partial charge is 0.494 e. The van der Waals surface area contributed by atoms with Crippen LogP contribution in [-0.4, -0.2) is 37.5 Å². The van der Waals surface area contributed by atoms with Gasteiger partial charge in [0.2, 0.25) is 0 Å². The maximum Gasteiger partial charge on any atom is 0.122 e. The van der Waals surface area contributed by atoms with Gasteiger partial charge < -0.3 is 19.9 Å². The average Bonchev–Trinajstić information content (AvgIpc) is 2.47. The Kier molecular flexibility index (Phi) is 7.41. The summed E-state index contributed by atoms with van der Waals surface area (Å²) in [5, 5.41) is 12.4. The Labute approximate surface area is 122 Å². The highest BCUT2D eigenvalue weighted by atomic mass is 16.5. The fourth-order valence-corrected chi connectivity index (χ4v) is 1.91. The van der Waals surface area contributed by atoms with Crippen molar-refractivity contribution in [3.63, 3.8) is 0 Å². The molecule has 1 rings (SSSR count). The van der Waals surface area contributed by atoms with Crippen LogP contribution in [0.2, 0.25) is 0 Å². The summed E-state index contributed by atoms with van der Waals surface area (Å²) < 4.78 is 11.1. The summed E-state index contributed by atoms with van der Waals surface area (Å²) in [6, 6.07) is 7.71. The smallest absolute Gasteiger partial charge is 0.122 e. The van der Waals surface area contributed by atoms with E-state index < -0.39 is 0 Å². The van der Waals surface area contributed by atoms with Crippen molar-refractivity contribution in [2.45, 2.75) is 38.6 Å². The lowest BCUT2D eigenvalue weighted by Crippen LogP contribution is -2.43. The first-order valence-electron chi connectivity index (χ1n) is 7.29. The zero-order chi connectivity index (χ0) is 14.8. The molecular formula is C16H27NO3. The molecule has 1 aromatic rings. The second-order valence-corrected chi connectivity index (χ2v) is 5.18. The van der Waals surface area contributed by atoms with Gasteiger partial charge in [-0.15, -0.1) is 0 Å². The molecular weight excluding hydrogens is 254 g/mol. The third-order valence-electron chi connectivity index (χ3n) is 3.46. The molecule has 0 amide bonds. The quantitative estimate of drug-likeness (QED) is 0.647. The van der Waals surface area contributed by atoms with Gasteiger partial charge >= 0.3 is 0 Å². The number of aliphatic hydroxyl groups is 1. The van der Waals surface area contributed by atoms with Crippen LogP contribution in [0.5, 0.6) is 11.5 Å². The number of likely N-dealkylation sites (N-methyl/N-ethyl adjacent to an activating group) is 1. The minimum atomic E-state index is -0.186. The molecule has 4 heteroatoms. The molecule has 4 nitrogen and oxygen atoms in total. The highest BCUT2D eigenvalue weighted by Gasteiger charge is 2.19. The Morgan fingerprint density at radius 3 is 2.50 bits per heavy atom. The van der Waals surface area contributed by atoms with Crippen molar-refractivity contribution in [1.29, 1.82) is 0 Å². The van der Waals surface area contributed by atoms with E-state index in [4.69, 9.17) is 9.47 Å². The Hall–Kier alpha value is -1.26. The fraction of sp³-hybridized carbons (Fsp3) is 0.625. The highest BCUT2D eigenvalue weighted by Crippen LogP contribution is 2.20. The van der Waals surface area contributed by atoms with Gasteiger partial charge in [-0.25, -0.2) is 0 Å². The van der Waals surface area contributed by atoms with Crippen LogP contribution in [0.1, 0.15) is 33.1 Å². The predicted molar refractivity (Wildman–Crippen MR) is 81.5 cm³/mol. The van der Waals surface area contributed by atoms with E-state index in [0.29, 0.717) is 13.2 Å². The second-order valence-electron chi connectivity index (χ2n) is 5.18. The third-order valence-corrected chi connectivity index (χ3v) is 3.46. The third kappa shape index (κ3) is 5.80. The van der Waals surface area contributed by atoms with E-state index in [2.05, 4.69) is 5.32 Å². The molecule has 0 aliphatic rings. The second kappa shape index (κ2) is 8.82. The number of benzene rings is 1. The molecule has 1 unspecified atom stereocenters. The average molecular weight is 281 g/mol. The van der Waals surface area contributed by atoms with E-state index in [1.165, 1.54) is 0 Å². The van der Waals surface area contributed by atoms with Gasteiger partial charge in [0, 0.05) is 11.6 Å². The van der Waals surface area contributed by atoms with Crippen LogP contribution in [0.25, 0.3) is 0 Å². The van der Waals surface area contributed by atoms with Gasteiger partial charge in [0.15, 0.2) is 0 Å². The lowest BCUT2D eigenvalue weighted by atomic mass is 9.96. The van der Waals surface area contributed by atoms with Crippen LogP contribution in [0, 0.1) is 0 Å². The number of nitrogens with one attached hydrogen (secondary N) is 1. The SMILES string of the molecule is CCOc1cccc(OCCCCC(C)(CO)NC)c1. The minimum Gasteiger partial charge on any atom is -0.494 e. The van der Waals surface area contributed by atoms with Gasteiger partial charge in [-0.1, -0.05) is 6.07 Å². The molecule has 20 heavy (non-hydrogen) atoms. The van der Waals surface area contributed by atoms with Crippen molar-refractivity contribution in [2.75, 3.05) is 26.9 Å². The van der Waals surface area contributed by atoms with E-state index in [9.17, 15) is 5.11 Å². The molecule has 1 atom stereocenters. The van der Waals surface area contributed by atoms with Crippen LogP contribution < -0.4 is 14.8 Å². The number of hydrogen-bond donors (Lipinski definition) is 2. The summed E-state index contributed by atoms with van der Waals surface area (Å²) in [4.78, 5) is 0. The topological polar surface area (TPSA) is 50.7 Å². The molecule has 0 aliphatic carbocycles. The summed E-state index contributed by atoms with van der Waals surface area (Å²) in [7, 11) is 1.88. The molecule has 0 aromatic heterocycles.